The molecule has 0 aliphatic rings. The minimum atomic E-state index is -0.299. The van der Waals surface area contributed by atoms with E-state index in [2.05, 4.69) is 71.0 Å². The number of nitrogens with zero attached hydrogens (tertiary/aromatic N) is 2. The zero-order valence-corrected chi connectivity index (χ0v) is 47.7. The predicted molar refractivity (Wildman–Crippen MR) is 301 cm³/mol. The third kappa shape index (κ3) is 49.3. The molecule has 9 heteroatoms. The number of esters is 3. The standard InChI is InChI=1S/C62H116N2O7/c1-7-11-15-19-23-24-25-26-27-28-29-30-31-35-41-49-60(66)69-55-57(54-64(53-45-44-52-63(5)6)59(65)48-40-34-22-18-14-10-4)56-70-61(67)50-42-36-37-43-51-62(68)71-58(46-38-32-20-16-12-8-2)47-39-33-21-17-13-9-3/h23-24,26-27,57-58H,7-22,25,28-56H2,1-6H3/b24-23-,27-26-. The third-order valence-corrected chi connectivity index (χ3v) is 13.7. The van der Waals surface area contributed by atoms with E-state index in [1.54, 1.807) is 0 Å². The lowest BCUT2D eigenvalue weighted by molar-refractivity contribution is -0.151. The summed E-state index contributed by atoms with van der Waals surface area (Å²) in [6, 6.07) is 0. The van der Waals surface area contributed by atoms with E-state index >= 15 is 0 Å². The van der Waals surface area contributed by atoms with Crippen molar-refractivity contribution in [1.29, 1.82) is 0 Å². The summed E-state index contributed by atoms with van der Waals surface area (Å²) in [4.78, 5) is 56.8. The summed E-state index contributed by atoms with van der Waals surface area (Å²) in [5.74, 6) is -0.742. The second kappa shape index (κ2) is 53.6. The zero-order valence-electron chi connectivity index (χ0n) is 47.7. The fraction of sp³-hybridized carbons (Fsp3) is 0.871. The van der Waals surface area contributed by atoms with E-state index in [4.69, 9.17) is 14.2 Å². The van der Waals surface area contributed by atoms with Gasteiger partial charge < -0.3 is 24.0 Å². The summed E-state index contributed by atoms with van der Waals surface area (Å²) < 4.78 is 17.7. The van der Waals surface area contributed by atoms with Crippen LogP contribution in [-0.2, 0) is 33.4 Å². The SMILES string of the molecule is CCCCC/C=C\C/C=C\CCCCCCCC(=O)OCC(COC(=O)CCCCCCC(=O)OC(CCCCCCCC)CCCCCCCC)CN(CCCCN(C)C)C(=O)CCCCCCCC. The molecule has 0 rings (SSSR count). The Hall–Kier alpha value is -2.68. The van der Waals surface area contributed by atoms with Gasteiger partial charge in [0.1, 0.15) is 6.10 Å². The summed E-state index contributed by atoms with van der Waals surface area (Å²) in [6.07, 6.45) is 51.8. The van der Waals surface area contributed by atoms with Crippen molar-refractivity contribution in [2.75, 3.05) is 46.9 Å². The highest BCUT2D eigenvalue weighted by Gasteiger charge is 2.22. The highest BCUT2D eigenvalue weighted by molar-refractivity contribution is 5.76. The first-order valence-corrected chi connectivity index (χ1v) is 30.4. The molecule has 1 atom stereocenters. The van der Waals surface area contributed by atoms with Gasteiger partial charge in [0, 0.05) is 44.7 Å². The molecule has 0 bridgehead atoms. The van der Waals surface area contributed by atoms with Crippen molar-refractivity contribution in [1.82, 2.24) is 9.80 Å². The highest BCUT2D eigenvalue weighted by atomic mass is 16.5. The molecule has 0 saturated heterocycles. The van der Waals surface area contributed by atoms with Crippen LogP contribution >= 0.6 is 0 Å². The van der Waals surface area contributed by atoms with Crippen LogP contribution in [0.15, 0.2) is 24.3 Å². The van der Waals surface area contributed by atoms with Gasteiger partial charge in [0.05, 0.1) is 13.2 Å². The van der Waals surface area contributed by atoms with E-state index in [0.29, 0.717) is 45.2 Å². The average Bonchev–Trinajstić information content (AvgIpc) is 3.35. The van der Waals surface area contributed by atoms with E-state index in [9.17, 15) is 19.2 Å². The Morgan fingerprint density at radius 1 is 0.408 bits per heavy atom. The fourth-order valence-electron chi connectivity index (χ4n) is 9.08. The quantitative estimate of drug-likeness (QED) is 0.0257. The van der Waals surface area contributed by atoms with Gasteiger partial charge in [0.2, 0.25) is 5.91 Å². The Morgan fingerprint density at radius 2 is 0.789 bits per heavy atom. The van der Waals surface area contributed by atoms with Gasteiger partial charge in [-0.05, 0) is 117 Å². The van der Waals surface area contributed by atoms with Crippen molar-refractivity contribution in [3.63, 3.8) is 0 Å². The maximum Gasteiger partial charge on any atom is 0.306 e. The van der Waals surface area contributed by atoms with E-state index < -0.39 is 0 Å². The molecular weight excluding hydrogens is 885 g/mol. The van der Waals surface area contributed by atoms with Crippen LogP contribution in [0, 0.1) is 5.92 Å². The monoisotopic (exact) mass is 1000 g/mol. The second-order valence-corrected chi connectivity index (χ2v) is 21.2. The van der Waals surface area contributed by atoms with E-state index in [1.807, 2.05) is 4.90 Å². The Morgan fingerprint density at radius 3 is 1.27 bits per heavy atom. The van der Waals surface area contributed by atoms with Gasteiger partial charge in [-0.25, -0.2) is 0 Å². The molecule has 1 amide bonds. The predicted octanol–water partition coefficient (Wildman–Crippen LogP) is 17.2. The van der Waals surface area contributed by atoms with Crippen molar-refractivity contribution in [3.8, 4) is 0 Å². The molecule has 0 radical (unpaired) electrons. The molecule has 0 saturated carbocycles. The van der Waals surface area contributed by atoms with Crippen molar-refractivity contribution in [2.24, 2.45) is 5.92 Å². The van der Waals surface area contributed by atoms with E-state index in [-0.39, 0.29) is 49.1 Å². The Balaban J connectivity index is 5.13. The molecule has 0 fully saturated rings. The molecule has 416 valence electrons. The van der Waals surface area contributed by atoms with Crippen LogP contribution in [-0.4, -0.2) is 86.7 Å². The summed E-state index contributed by atoms with van der Waals surface area (Å²) in [7, 11) is 4.13. The van der Waals surface area contributed by atoms with Gasteiger partial charge in [0.25, 0.3) is 0 Å². The third-order valence-electron chi connectivity index (χ3n) is 13.7. The number of hydrogen-bond donors (Lipinski definition) is 0. The molecule has 0 aromatic heterocycles. The maximum absolute atomic E-state index is 13.7. The van der Waals surface area contributed by atoms with Crippen LogP contribution in [0.1, 0.15) is 291 Å². The highest BCUT2D eigenvalue weighted by Crippen LogP contribution is 2.19. The molecule has 9 nitrogen and oxygen atoms in total. The lowest BCUT2D eigenvalue weighted by Gasteiger charge is -2.28. The van der Waals surface area contributed by atoms with Crippen molar-refractivity contribution >= 4 is 23.8 Å². The molecule has 0 spiro atoms. The lowest BCUT2D eigenvalue weighted by Crippen LogP contribution is -2.39. The van der Waals surface area contributed by atoms with Crippen LogP contribution < -0.4 is 0 Å². The van der Waals surface area contributed by atoms with Gasteiger partial charge >= 0.3 is 17.9 Å². The number of unbranched alkanes of at least 4 members (excludes halogenated alkanes) is 27. The second-order valence-electron chi connectivity index (χ2n) is 21.2. The molecule has 0 N–H and O–H groups in total. The first-order chi connectivity index (χ1) is 34.7. The summed E-state index contributed by atoms with van der Waals surface area (Å²) >= 11 is 0. The first-order valence-electron chi connectivity index (χ1n) is 30.4. The fourth-order valence-corrected chi connectivity index (χ4v) is 9.08. The average molecular weight is 1000 g/mol. The van der Waals surface area contributed by atoms with Gasteiger partial charge in [-0.2, -0.15) is 0 Å². The van der Waals surface area contributed by atoms with Gasteiger partial charge in [-0.15, -0.1) is 0 Å². The summed E-state index contributed by atoms with van der Waals surface area (Å²) in [6.45, 7) is 11.2. The smallest absolute Gasteiger partial charge is 0.306 e. The van der Waals surface area contributed by atoms with Crippen LogP contribution in [0.4, 0.5) is 0 Å². The molecular formula is C62H116N2O7. The molecule has 0 aliphatic carbocycles. The van der Waals surface area contributed by atoms with Crippen molar-refractivity contribution in [3.05, 3.63) is 24.3 Å². The number of rotatable bonds is 54. The maximum atomic E-state index is 13.7. The van der Waals surface area contributed by atoms with Crippen molar-refractivity contribution < 1.29 is 33.4 Å². The molecule has 0 aliphatic heterocycles. The summed E-state index contributed by atoms with van der Waals surface area (Å²) in [5, 5.41) is 0. The van der Waals surface area contributed by atoms with Crippen molar-refractivity contribution in [2.45, 2.75) is 297 Å². The topological polar surface area (TPSA) is 102 Å². The number of carbonyl (C=O) groups is 4. The van der Waals surface area contributed by atoms with Crippen LogP contribution in [0.3, 0.4) is 0 Å². The number of hydrogen-bond acceptors (Lipinski definition) is 8. The molecule has 0 aromatic rings. The number of allylic oxidation sites excluding steroid dienone is 4. The molecule has 0 heterocycles. The van der Waals surface area contributed by atoms with E-state index in [0.717, 1.165) is 122 Å². The molecule has 1 unspecified atom stereocenters. The molecule has 0 aromatic carbocycles. The molecule has 71 heavy (non-hydrogen) atoms. The van der Waals surface area contributed by atoms with Gasteiger partial charge in [-0.1, -0.05) is 193 Å². The largest absolute Gasteiger partial charge is 0.465 e. The minimum absolute atomic E-state index is 0.0334. The Labute approximate surface area is 439 Å². The first kappa shape index (κ1) is 68.3. The zero-order chi connectivity index (χ0) is 52.1. The number of carbonyl (C=O) groups excluding carboxylic acids is 4. The Kier molecular flexibility index (Phi) is 51.6. The Bertz CT molecular complexity index is 1250. The van der Waals surface area contributed by atoms with Crippen LogP contribution in [0.25, 0.3) is 0 Å². The number of ether oxygens (including phenoxy) is 3. The number of amides is 1. The van der Waals surface area contributed by atoms with Crippen LogP contribution in [0.5, 0.6) is 0 Å². The van der Waals surface area contributed by atoms with Crippen LogP contribution in [0.2, 0.25) is 0 Å². The van der Waals surface area contributed by atoms with E-state index in [1.165, 1.54) is 116 Å². The normalized spacial score (nSPS) is 12.2. The lowest BCUT2D eigenvalue weighted by atomic mass is 10.0. The van der Waals surface area contributed by atoms with Gasteiger partial charge in [0.15, 0.2) is 0 Å². The summed E-state index contributed by atoms with van der Waals surface area (Å²) in [5.41, 5.74) is 0. The van der Waals surface area contributed by atoms with Gasteiger partial charge in [-0.3, -0.25) is 19.2 Å². The minimum Gasteiger partial charge on any atom is -0.465 e.